The number of nitrogens with zero attached hydrogens (tertiary/aromatic N) is 1. The molecule has 4 atom stereocenters. The minimum atomic E-state index is -1.01. The van der Waals surface area contributed by atoms with E-state index in [1.54, 1.807) is 4.90 Å². The standard InChI is InChI=1S/C40H67N5O6/c1-10-22-41-35(49)32(47)29(17-13-12-16-27-18-19-27)42-34(48)30-23-28(26(2)3)25-45(30)36(50)33(39(7,8)9)43-37(51)44-40(20-14-11-15-21-40)24-31(46)38(4,5)6/h10,26-30,33H,1,11-25H2,2-9H3,(H,41,49)(H,42,48)(H2,43,44,51)/t28-,29?,30+,33-/m1/s1. The monoisotopic (exact) mass is 714 g/mol. The third-order valence-electron chi connectivity index (χ3n) is 11.1. The molecule has 0 aromatic heterocycles. The van der Waals surface area contributed by atoms with E-state index in [4.69, 9.17) is 0 Å². The molecule has 3 aliphatic rings. The van der Waals surface area contributed by atoms with Gasteiger partial charge in [0.15, 0.2) is 0 Å². The molecule has 288 valence electrons. The smallest absolute Gasteiger partial charge is 0.315 e. The highest BCUT2D eigenvalue weighted by atomic mass is 16.2. The fourth-order valence-corrected chi connectivity index (χ4v) is 7.35. The fraction of sp³-hybridized carbons (Fsp3) is 0.800. The zero-order valence-corrected chi connectivity index (χ0v) is 32.8. The molecule has 2 aliphatic carbocycles. The number of urea groups is 1. The predicted molar refractivity (Wildman–Crippen MR) is 200 cm³/mol. The van der Waals surface area contributed by atoms with Crippen LogP contribution in [0.25, 0.3) is 0 Å². The molecule has 11 nitrogen and oxygen atoms in total. The molecular formula is C40H67N5O6. The summed E-state index contributed by atoms with van der Waals surface area (Å²) < 4.78 is 0. The molecule has 0 aromatic carbocycles. The molecule has 51 heavy (non-hydrogen) atoms. The highest BCUT2D eigenvalue weighted by Gasteiger charge is 2.47. The summed E-state index contributed by atoms with van der Waals surface area (Å²) in [6.07, 6.45) is 11.8. The summed E-state index contributed by atoms with van der Waals surface area (Å²) in [6.45, 7) is 19.4. The predicted octanol–water partition coefficient (Wildman–Crippen LogP) is 5.61. The van der Waals surface area contributed by atoms with Crippen LogP contribution in [-0.4, -0.2) is 77.0 Å². The van der Waals surface area contributed by atoms with Gasteiger partial charge in [0.25, 0.3) is 5.91 Å². The number of rotatable bonds is 17. The van der Waals surface area contributed by atoms with Crippen LogP contribution >= 0.6 is 0 Å². The second-order valence-electron chi connectivity index (χ2n) is 18.0. The molecule has 3 fully saturated rings. The van der Waals surface area contributed by atoms with Gasteiger partial charge in [-0.25, -0.2) is 4.79 Å². The Hall–Kier alpha value is -3.24. The van der Waals surface area contributed by atoms with Crippen LogP contribution in [0.15, 0.2) is 12.7 Å². The van der Waals surface area contributed by atoms with Crippen LogP contribution < -0.4 is 21.3 Å². The summed E-state index contributed by atoms with van der Waals surface area (Å²) in [5.74, 6) is -1.30. The Kier molecular flexibility index (Phi) is 14.9. The average molecular weight is 714 g/mol. The van der Waals surface area contributed by atoms with Gasteiger partial charge in [-0.1, -0.05) is 113 Å². The summed E-state index contributed by atoms with van der Waals surface area (Å²) in [6, 6.07) is -3.36. The minimum absolute atomic E-state index is 0.0247. The first-order chi connectivity index (χ1) is 23.8. The van der Waals surface area contributed by atoms with Crippen molar-refractivity contribution in [2.24, 2.45) is 28.6 Å². The van der Waals surface area contributed by atoms with Crippen LogP contribution in [0.4, 0.5) is 4.79 Å². The molecule has 0 aromatic rings. The lowest BCUT2D eigenvalue weighted by molar-refractivity contribution is -0.143. The number of carbonyl (C=O) groups is 6. The maximum Gasteiger partial charge on any atom is 0.315 e. The van der Waals surface area contributed by atoms with E-state index in [0.717, 1.165) is 38.0 Å². The highest BCUT2D eigenvalue weighted by molar-refractivity contribution is 6.38. The number of likely N-dealkylation sites (tertiary alicyclic amines) is 1. The van der Waals surface area contributed by atoms with Crippen LogP contribution in [0.5, 0.6) is 0 Å². The Balaban J connectivity index is 1.82. The Morgan fingerprint density at radius 2 is 1.57 bits per heavy atom. The topological polar surface area (TPSA) is 154 Å². The Morgan fingerprint density at radius 1 is 0.922 bits per heavy atom. The van der Waals surface area contributed by atoms with Crippen LogP contribution in [0.3, 0.4) is 0 Å². The van der Waals surface area contributed by atoms with Crippen molar-refractivity contribution in [2.75, 3.05) is 13.1 Å². The molecule has 1 aliphatic heterocycles. The van der Waals surface area contributed by atoms with Crippen molar-refractivity contribution in [1.82, 2.24) is 26.2 Å². The van der Waals surface area contributed by atoms with E-state index < -0.39 is 58.1 Å². The molecular weight excluding hydrogens is 646 g/mol. The van der Waals surface area contributed by atoms with Gasteiger partial charge in [-0.3, -0.25) is 24.0 Å². The average Bonchev–Trinajstić information content (AvgIpc) is 3.76. The molecule has 0 spiro atoms. The van der Waals surface area contributed by atoms with E-state index in [1.807, 2.05) is 41.5 Å². The van der Waals surface area contributed by atoms with E-state index in [1.165, 1.54) is 18.9 Å². The zero-order valence-electron chi connectivity index (χ0n) is 32.8. The van der Waals surface area contributed by atoms with Gasteiger partial charge in [-0.2, -0.15) is 0 Å². The SMILES string of the molecule is C=CCNC(=O)C(=O)C(CCCCC1CC1)NC(=O)[C@@H]1C[C@@H](C(C)C)CN1C(=O)[C@@H](NC(=O)NC1(CC(=O)C(C)(C)C)CCCCC1)C(C)(C)C. The quantitative estimate of drug-likeness (QED) is 0.0874. The summed E-state index contributed by atoms with van der Waals surface area (Å²) in [7, 11) is 0. The first-order valence-corrected chi connectivity index (χ1v) is 19.4. The van der Waals surface area contributed by atoms with Crippen molar-refractivity contribution in [2.45, 2.75) is 163 Å². The van der Waals surface area contributed by atoms with Gasteiger partial charge in [0.2, 0.25) is 17.6 Å². The van der Waals surface area contributed by atoms with Crippen molar-refractivity contribution in [3.63, 3.8) is 0 Å². The fourth-order valence-electron chi connectivity index (χ4n) is 7.35. The number of ketones is 2. The van der Waals surface area contributed by atoms with E-state index in [-0.39, 0.29) is 36.5 Å². The van der Waals surface area contributed by atoms with Crippen molar-refractivity contribution in [3.05, 3.63) is 12.7 Å². The molecule has 1 saturated heterocycles. The van der Waals surface area contributed by atoms with Crippen molar-refractivity contribution < 1.29 is 28.8 Å². The van der Waals surface area contributed by atoms with Crippen LogP contribution in [0.1, 0.15) is 139 Å². The first-order valence-electron chi connectivity index (χ1n) is 19.4. The summed E-state index contributed by atoms with van der Waals surface area (Å²) in [4.78, 5) is 83.1. The Morgan fingerprint density at radius 3 is 2.12 bits per heavy atom. The molecule has 5 amide bonds. The zero-order chi connectivity index (χ0) is 38.1. The lowest BCUT2D eigenvalue weighted by Crippen LogP contribution is -2.62. The molecule has 1 unspecified atom stereocenters. The number of nitrogens with one attached hydrogen (secondary N) is 4. The second-order valence-corrected chi connectivity index (χ2v) is 18.0. The summed E-state index contributed by atoms with van der Waals surface area (Å²) in [5.41, 5.74) is -1.94. The van der Waals surface area contributed by atoms with E-state index in [2.05, 4.69) is 41.7 Å². The van der Waals surface area contributed by atoms with Gasteiger partial charge in [0.1, 0.15) is 17.9 Å². The Bertz CT molecular complexity index is 1270. The number of hydrogen-bond donors (Lipinski definition) is 4. The Labute approximate surface area is 306 Å². The molecule has 0 radical (unpaired) electrons. The summed E-state index contributed by atoms with van der Waals surface area (Å²) in [5, 5.41) is 11.5. The van der Waals surface area contributed by atoms with Crippen molar-refractivity contribution in [1.29, 1.82) is 0 Å². The number of carbonyl (C=O) groups excluding carboxylic acids is 6. The number of amides is 5. The van der Waals surface area contributed by atoms with Gasteiger partial charge in [0, 0.05) is 30.5 Å². The maximum atomic E-state index is 14.5. The molecule has 3 rings (SSSR count). The molecule has 0 bridgehead atoms. The van der Waals surface area contributed by atoms with Gasteiger partial charge < -0.3 is 26.2 Å². The lowest BCUT2D eigenvalue weighted by Gasteiger charge is -2.41. The number of unbranched alkanes of at least 4 members (excludes halogenated alkanes) is 1. The van der Waals surface area contributed by atoms with Crippen LogP contribution in [0, 0.1) is 28.6 Å². The molecule has 4 N–H and O–H groups in total. The largest absolute Gasteiger partial charge is 0.346 e. The minimum Gasteiger partial charge on any atom is -0.346 e. The second kappa shape index (κ2) is 18.0. The van der Waals surface area contributed by atoms with Crippen LogP contribution in [0.2, 0.25) is 0 Å². The molecule has 2 saturated carbocycles. The molecule has 11 heteroatoms. The third kappa shape index (κ3) is 12.4. The van der Waals surface area contributed by atoms with E-state index >= 15 is 0 Å². The van der Waals surface area contributed by atoms with Gasteiger partial charge in [0.05, 0.1) is 6.04 Å². The third-order valence-corrected chi connectivity index (χ3v) is 11.1. The number of hydrogen-bond acceptors (Lipinski definition) is 6. The van der Waals surface area contributed by atoms with Gasteiger partial charge >= 0.3 is 6.03 Å². The van der Waals surface area contributed by atoms with E-state index in [9.17, 15) is 28.8 Å². The van der Waals surface area contributed by atoms with Crippen molar-refractivity contribution in [3.8, 4) is 0 Å². The normalized spacial score (nSPS) is 21.7. The van der Waals surface area contributed by atoms with Crippen molar-refractivity contribution >= 4 is 35.3 Å². The van der Waals surface area contributed by atoms with Crippen LogP contribution in [-0.2, 0) is 24.0 Å². The lowest BCUT2D eigenvalue weighted by atomic mass is 9.74. The maximum absolute atomic E-state index is 14.5. The highest BCUT2D eigenvalue weighted by Crippen LogP contribution is 2.36. The summed E-state index contributed by atoms with van der Waals surface area (Å²) >= 11 is 0. The first kappa shape index (κ1) is 42.2. The van der Waals surface area contributed by atoms with Gasteiger partial charge in [-0.05, 0) is 48.9 Å². The van der Waals surface area contributed by atoms with E-state index in [0.29, 0.717) is 38.6 Å². The number of Topliss-reactive ketones (excluding diaryl/α,β-unsaturated/α-hetero) is 2. The molecule has 1 heterocycles. The van der Waals surface area contributed by atoms with Gasteiger partial charge in [-0.15, -0.1) is 6.58 Å².